The van der Waals surface area contributed by atoms with E-state index >= 15 is 0 Å². The highest BCUT2D eigenvalue weighted by Crippen LogP contribution is 2.18. The van der Waals surface area contributed by atoms with E-state index in [9.17, 15) is 4.79 Å². The summed E-state index contributed by atoms with van der Waals surface area (Å²) >= 11 is 0. The number of piperidine rings is 1. The van der Waals surface area contributed by atoms with E-state index in [-0.39, 0.29) is 18.3 Å². The van der Waals surface area contributed by atoms with Crippen molar-refractivity contribution in [2.75, 3.05) is 19.6 Å². The molecule has 1 aliphatic carbocycles. The number of carbonyl (C=O) groups excluding carboxylic acids is 1. The molecule has 0 radical (unpaired) electrons. The maximum atomic E-state index is 11.9. The van der Waals surface area contributed by atoms with Crippen LogP contribution in [-0.2, 0) is 4.79 Å². The van der Waals surface area contributed by atoms with Gasteiger partial charge in [-0.2, -0.15) is 0 Å². The van der Waals surface area contributed by atoms with E-state index in [1.54, 1.807) is 0 Å². The zero-order valence-electron chi connectivity index (χ0n) is 11.1. The highest BCUT2D eigenvalue weighted by atomic mass is 35.5. The van der Waals surface area contributed by atoms with E-state index < -0.39 is 0 Å². The third kappa shape index (κ3) is 4.41. The van der Waals surface area contributed by atoms with E-state index in [4.69, 9.17) is 5.73 Å². The van der Waals surface area contributed by atoms with Gasteiger partial charge in [0, 0.05) is 18.6 Å². The molecule has 18 heavy (non-hydrogen) atoms. The van der Waals surface area contributed by atoms with Crippen LogP contribution in [0.5, 0.6) is 0 Å². The van der Waals surface area contributed by atoms with Gasteiger partial charge in [0.15, 0.2) is 0 Å². The maximum absolute atomic E-state index is 11.9. The summed E-state index contributed by atoms with van der Waals surface area (Å²) in [6.45, 7) is 2.25. The van der Waals surface area contributed by atoms with Crippen molar-refractivity contribution >= 4 is 18.3 Å². The smallest absolute Gasteiger partial charge is 0.234 e. The minimum Gasteiger partial charge on any atom is -0.352 e. The van der Waals surface area contributed by atoms with Crippen LogP contribution in [0.4, 0.5) is 0 Å². The van der Waals surface area contributed by atoms with Gasteiger partial charge in [-0.05, 0) is 32.2 Å². The fourth-order valence-electron chi connectivity index (χ4n) is 3.06. The first kappa shape index (κ1) is 15.7. The summed E-state index contributed by atoms with van der Waals surface area (Å²) in [5.41, 5.74) is 5.76. The molecule has 2 rings (SSSR count). The van der Waals surface area contributed by atoms with Gasteiger partial charge >= 0.3 is 0 Å². The molecule has 0 aromatic heterocycles. The summed E-state index contributed by atoms with van der Waals surface area (Å²) in [7, 11) is 0. The Morgan fingerprint density at radius 3 is 2.50 bits per heavy atom. The molecule has 1 unspecified atom stereocenters. The van der Waals surface area contributed by atoms with Crippen molar-refractivity contribution in [2.24, 2.45) is 5.73 Å². The number of hydrogen-bond acceptors (Lipinski definition) is 3. The van der Waals surface area contributed by atoms with Gasteiger partial charge < -0.3 is 11.1 Å². The number of nitrogens with two attached hydrogens (primary N) is 1. The number of amides is 1. The molecule has 0 aromatic carbocycles. The van der Waals surface area contributed by atoms with Crippen molar-refractivity contribution in [3.63, 3.8) is 0 Å². The topological polar surface area (TPSA) is 58.4 Å². The summed E-state index contributed by atoms with van der Waals surface area (Å²) in [5.74, 6) is 0.192. The van der Waals surface area contributed by atoms with Crippen LogP contribution >= 0.6 is 12.4 Å². The summed E-state index contributed by atoms with van der Waals surface area (Å²) in [5, 5.41) is 3.15. The average molecular weight is 276 g/mol. The van der Waals surface area contributed by atoms with Crippen molar-refractivity contribution in [1.29, 1.82) is 0 Å². The van der Waals surface area contributed by atoms with Gasteiger partial charge in [-0.25, -0.2) is 0 Å². The van der Waals surface area contributed by atoms with Gasteiger partial charge in [-0.1, -0.05) is 19.3 Å². The third-order valence-electron chi connectivity index (χ3n) is 4.09. The van der Waals surface area contributed by atoms with Crippen LogP contribution in [0.25, 0.3) is 0 Å². The highest BCUT2D eigenvalue weighted by Gasteiger charge is 2.24. The van der Waals surface area contributed by atoms with Gasteiger partial charge in [0.25, 0.3) is 0 Å². The Bertz CT molecular complexity index is 257. The van der Waals surface area contributed by atoms with Crippen molar-refractivity contribution < 1.29 is 4.79 Å². The standard InChI is InChI=1S/C13H25N3O.ClH/c14-9-12-7-3-4-8-16(12)10-13(17)15-11-5-1-2-6-11;/h11-12H,1-10,14H2,(H,15,17);1H. The second-order valence-electron chi connectivity index (χ2n) is 5.40. The molecule has 2 fully saturated rings. The van der Waals surface area contributed by atoms with Gasteiger partial charge in [0.1, 0.15) is 0 Å². The minimum absolute atomic E-state index is 0. The normalized spacial score (nSPS) is 25.7. The Labute approximate surface area is 116 Å². The lowest BCUT2D eigenvalue weighted by Gasteiger charge is -2.34. The number of carbonyl (C=O) groups is 1. The first-order chi connectivity index (χ1) is 8.29. The largest absolute Gasteiger partial charge is 0.352 e. The van der Waals surface area contributed by atoms with E-state index in [1.165, 1.54) is 25.7 Å². The molecule has 1 heterocycles. The molecule has 1 amide bonds. The van der Waals surface area contributed by atoms with Crippen LogP contribution in [0.1, 0.15) is 44.9 Å². The summed E-state index contributed by atoms with van der Waals surface area (Å²) in [6.07, 6.45) is 8.45. The van der Waals surface area contributed by atoms with Crippen molar-refractivity contribution in [3.05, 3.63) is 0 Å². The van der Waals surface area contributed by atoms with Crippen LogP contribution < -0.4 is 11.1 Å². The third-order valence-corrected chi connectivity index (χ3v) is 4.09. The molecule has 5 heteroatoms. The molecular weight excluding hydrogens is 250 g/mol. The lowest BCUT2D eigenvalue weighted by Crippen LogP contribution is -2.49. The first-order valence-electron chi connectivity index (χ1n) is 7.03. The second-order valence-corrected chi connectivity index (χ2v) is 5.40. The number of halogens is 1. The molecule has 4 nitrogen and oxygen atoms in total. The Kier molecular flexibility index (Phi) is 6.97. The van der Waals surface area contributed by atoms with Crippen LogP contribution in [0.3, 0.4) is 0 Å². The van der Waals surface area contributed by atoms with Crippen LogP contribution in [-0.4, -0.2) is 42.5 Å². The second kappa shape index (κ2) is 7.97. The lowest BCUT2D eigenvalue weighted by molar-refractivity contribution is -0.123. The summed E-state index contributed by atoms with van der Waals surface area (Å²) < 4.78 is 0. The predicted molar refractivity (Wildman–Crippen MR) is 75.9 cm³/mol. The fourth-order valence-corrected chi connectivity index (χ4v) is 3.06. The monoisotopic (exact) mass is 275 g/mol. The minimum atomic E-state index is 0. The average Bonchev–Trinajstić information content (AvgIpc) is 2.82. The van der Waals surface area contributed by atoms with Crippen molar-refractivity contribution in [3.8, 4) is 0 Å². The molecule has 1 atom stereocenters. The van der Waals surface area contributed by atoms with Gasteiger partial charge in [0.2, 0.25) is 5.91 Å². The molecule has 2 aliphatic rings. The molecule has 0 bridgehead atoms. The van der Waals surface area contributed by atoms with Crippen LogP contribution in [0.15, 0.2) is 0 Å². The molecule has 0 spiro atoms. The lowest BCUT2D eigenvalue weighted by atomic mass is 10.0. The Morgan fingerprint density at radius 2 is 1.83 bits per heavy atom. The van der Waals surface area contributed by atoms with E-state index in [1.807, 2.05) is 0 Å². The predicted octanol–water partition coefficient (Wildman–Crippen LogP) is 1.28. The van der Waals surface area contributed by atoms with E-state index in [2.05, 4.69) is 10.2 Å². The molecule has 0 aromatic rings. The zero-order valence-corrected chi connectivity index (χ0v) is 11.9. The molecule has 1 saturated heterocycles. The number of rotatable bonds is 4. The fraction of sp³-hybridized carbons (Fsp3) is 0.923. The van der Waals surface area contributed by atoms with E-state index in [0.29, 0.717) is 25.2 Å². The molecular formula is C13H26ClN3O. The SMILES string of the molecule is Cl.NCC1CCCCN1CC(=O)NC1CCCC1. The first-order valence-corrected chi connectivity index (χ1v) is 7.03. The molecule has 106 valence electrons. The zero-order chi connectivity index (χ0) is 12.1. The highest BCUT2D eigenvalue weighted by molar-refractivity contribution is 5.85. The Morgan fingerprint density at radius 1 is 1.17 bits per heavy atom. The van der Waals surface area contributed by atoms with Gasteiger partial charge in [0.05, 0.1) is 6.54 Å². The molecule has 1 aliphatic heterocycles. The maximum Gasteiger partial charge on any atom is 0.234 e. The quantitative estimate of drug-likeness (QED) is 0.813. The molecule has 1 saturated carbocycles. The van der Waals surface area contributed by atoms with Gasteiger partial charge in [-0.3, -0.25) is 9.69 Å². The number of hydrogen-bond donors (Lipinski definition) is 2. The summed E-state index contributed by atoms with van der Waals surface area (Å²) in [6, 6.07) is 0.849. The Hall–Kier alpha value is -0.320. The van der Waals surface area contributed by atoms with Crippen molar-refractivity contribution in [2.45, 2.75) is 57.0 Å². The Balaban J connectivity index is 0.00000162. The van der Waals surface area contributed by atoms with Gasteiger partial charge in [-0.15, -0.1) is 12.4 Å². The molecule has 3 N–H and O–H groups in total. The van der Waals surface area contributed by atoms with Crippen molar-refractivity contribution in [1.82, 2.24) is 10.2 Å². The van der Waals surface area contributed by atoms with Crippen LogP contribution in [0, 0.1) is 0 Å². The summed E-state index contributed by atoms with van der Waals surface area (Å²) in [4.78, 5) is 14.2. The number of nitrogens with one attached hydrogen (secondary N) is 1. The van der Waals surface area contributed by atoms with E-state index in [0.717, 1.165) is 25.8 Å². The number of likely N-dealkylation sites (tertiary alicyclic amines) is 1. The number of nitrogens with zero attached hydrogens (tertiary/aromatic N) is 1. The van der Waals surface area contributed by atoms with Crippen LogP contribution in [0.2, 0.25) is 0 Å².